The van der Waals surface area contributed by atoms with E-state index in [0.29, 0.717) is 11.3 Å². The first kappa shape index (κ1) is 14.8. The summed E-state index contributed by atoms with van der Waals surface area (Å²) in [6.07, 6.45) is 1.52. The lowest BCUT2D eigenvalue weighted by Gasteiger charge is -2.17. The molecule has 5 heteroatoms. The van der Waals surface area contributed by atoms with Gasteiger partial charge in [-0.1, -0.05) is 13.8 Å². The monoisotopic (exact) mass is 282 g/mol. The van der Waals surface area contributed by atoms with Gasteiger partial charge in [0.25, 0.3) is 0 Å². The molecule has 5 nitrogen and oxygen atoms in total. The van der Waals surface area contributed by atoms with Gasteiger partial charge in [-0.3, -0.25) is 0 Å². The van der Waals surface area contributed by atoms with Crippen molar-refractivity contribution >= 4 is 5.82 Å². The van der Waals surface area contributed by atoms with Crippen LogP contribution in [0.25, 0.3) is 11.3 Å². The second-order valence-corrected chi connectivity index (χ2v) is 4.92. The van der Waals surface area contributed by atoms with Gasteiger partial charge in [0.15, 0.2) is 0 Å². The highest BCUT2D eigenvalue weighted by molar-refractivity contribution is 5.75. The quantitative estimate of drug-likeness (QED) is 0.932. The Labute approximate surface area is 124 Å². The van der Waals surface area contributed by atoms with Crippen molar-refractivity contribution in [2.75, 3.05) is 19.5 Å². The second kappa shape index (κ2) is 6.23. The van der Waals surface area contributed by atoms with Gasteiger partial charge in [-0.05, 0) is 24.1 Å². The van der Waals surface area contributed by atoms with Gasteiger partial charge in [0.05, 0.1) is 24.4 Å². The van der Waals surface area contributed by atoms with E-state index in [2.05, 4.69) is 35.2 Å². The Morgan fingerprint density at radius 3 is 2.62 bits per heavy atom. The van der Waals surface area contributed by atoms with E-state index in [9.17, 15) is 0 Å². The Bertz CT molecular complexity index is 689. The summed E-state index contributed by atoms with van der Waals surface area (Å²) in [5.41, 5.74) is 3.18. The predicted molar refractivity (Wildman–Crippen MR) is 82.4 cm³/mol. The van der Waals surface area contributed by atoms with Gasteiger partial charge >= 0.3 is 0 Å². The lowest BCUT2D eigenvalue weighted by Crippen LogP contribution is -2.05. The Morgan fingerprint density at radius 1 is 1.29 bits per heavy atom. The molecular formula is C16H18N4O. The minimum atomic E-state index is 0.235. The highest BCUT2D eigenvalue weighted by atomic mass is 16.5. The number of methoxy groups -OCH3 is 1. The summed E-state index contributed by atoms with van der Waals surface area (Å²) in [6.45, 7) is 4.17. The molecular weight excluding hydrogens is 264 g/mol. The molecule has 0 radical (unpaired) electrons. The zero-order chi connectivity index (χ0) is 15.4. The number of rotatable bonds is 4. The fraction of sp³-hybridized carbons (Fsp3) is 0.312. The molecule has 0 aliphatic heterocycles. The van der Waals surface area contributed by atoms with Crippen LogP contribution >= 0.6 is 0 Å². The number of nitrogens with one attached hydrogen (secondary N) is 1. The molecule has 0 unspecified atom stereocenters. The molecule has 0 amide bonds. The van der Waals surface area contributed by atoms with Crippen molar-refractivity contribution < 1.29 is 4.74 Å². The second-order valence-electron chi connectivity index (χ2n) is 4.92. The molecule has 21 heavy (non-hydrogen) atoms. The number of ether oxygens (including phenoxy) is 1. The normalized spacial score (nSPS) is 10.3. The molecule has 1 aromatic carbocycles. The van der Waals surface area contributed by atoms with E-state index in [4.69, 9.17) is 10.00 Å². The predicted octanol–water partition coefficient (Wildman–Crippen LogP) is 3.19. The molecule has 0 bridgehead atoms. The summed E-state index contributed by atoms with van der Waals surface area (Å²) in [6, 6.07) is 7.47. The first-order chi connectivity index (χ1) is 10.1. The number of hydrogen-bond acceptors (Lipinski definition) is 5. The van der Waals surface area contributed by atoms with E-state index in [1.807, 2.05) is 7.05 Å². The maximum absolute atomic E-state index is 9.12. The standard InChI is InChI=1S/C16H18N4O/c1-10(2)14-15(19-9-20-16(14)18-3)12-7-11(8-17)5-6-13(12)21-4/h5-7,9-10H,1-4H3,(H,18,19,20). The minimum Gasteiger partial charge on any atom is -0.496 e. The van der Waals surface area contributed by atoms with Gasteiger partial charge in [0.1, 0.15) is 17.9 Å². The third-order valence-corrected chi connectivity index (χ3v) is 3.28. The summed E-state index contributed by atoms with van der Waals surface area (Å²) in [7, 11) is 3.45. The summed E-state index contributed by atoms with van der Waals surface area (Å²) in [5.74, 6) is 1.72. The molecule has 0 fully saturated rings. The summed E-state index contributed by atoms with van der Waals surface area (Å²) in [5, 5.41) is 12.2. The first-order valence-electron chi connectivity index (χ1n) is 6.73. The average Bonchev–Trinajstić information content (AvgIpc) is 2.53. The van der Waals surface area contributed by atoms with Crippen molar-refractivity contribution in [1.82, 2.24) is 9.97 Å². The highest BCUT2D eigenvalue weighted by Gasteiger charge is 2.18. The maximum atomic E-state index is 9.12. The summed E-state index contributed by atoms with van der Waals surface area (Å²) in [4.78, 5) is 8.70. The van der Waals surface area contributed by atoms with Crippen LogP contribution in [0.4, 0.5) is 5.82 Å². The molecule has 1 aromatic heterocycles. The molecule has 0 saturated heterocycles. The number of benzene rings is 1. The van der Waals surface area contributed by atoms with Crippen LogP contribution in [0.15, 0.2) is 24.5 Å². The van der Waals surface area contributed by atoms with Crippen LogP contribution < -0.4 is 10.1 Å². The maximum Gasteiger partial charge on any atom is 0.133 e. The fourth-order valence-corrected chi connectivity index (χ4v) is 2.32. The first-order valence-corrected chi connectivity index (χ1v) is 6.73. The molecule has 0 atom stereocenters. The zero-order valence-electron chi connectivity index (χ0n) is 12.6. The number of hydrogen-bond donors (Lipinski definition) is 1. The third-order valence-electron chi connectivity index (χ3n) is 3.28. The smallest absolute Gasteiger partial charge is 0.133 e. The fourth-order valence-electron chi connectivity index (χ4n) is 2.32. The van der Waals surface area contributed by atoms with E-state index in [0.717, 1.165) is 22.6 Å². The van der Waals surface area contributed by atoms with E-state index >= 15 is 0 Å². The van der Waals surface area contributed by atoms with E-state index in [-0.39, 0.29) is 5.92 Å². The van der Waals surface area contributed by atoms with Gasteiger partial charge in [0, 0.05) is 18.2 Å². The summed E-state index contributed by atoms with van der Waals surface area (Å²) >= 11 is 0. The molecule has 1 heterocycles. The van der Waals surface area contributed by atoms with Crippen LogP contribution in [0.5, 0.6) is 5.75 Å². The van der Waals surface area contributed by atoms with Gasteiger partial charge in [-0.2, -0.15) is 5.26 Å². The number of nitrogens with zero attached hydrogens (tertiary/aromatic N) is 3. The molecule has 0 saturated carbocycles. The molecule has 108 valence electrons. The van der Waals surface area contributed by atoms with Crippen molar-refractivity contribution in [1.29, 1.82) is 5.26 Å². The van der Waals surface area contributed by atoms with Gasteiger partial charge < -0.3 is 10.1 Å². The Morgan fingerprint density at radius 2 is 2.05 bits per heavy atom. The highest BCUT2D eigenvalue weighted by Crippen LogP contribution is 2.36. The lowest BCUT2D eigenvalue weighted by molar-refractivity contribution is 0.416. The van der Waals surface area contributed by atoms with Crippen molar-refractivity contribution in [2.45, 2.75) is 19.8 Å². The van der Waals surface area contributed by atoms with Crippen LogP contribution in [0, 0.1) is 11.3 Å². The lowest BCUT2D eigenvalue weighted by atomic mass is 9.96. The summed E-state index contributed by atoms with van der Waals surface area (Å²) < 4.78 is 5.42. The van der Waals surface area contributed by atoms with Crippen LogP contribution in [-0.2, 0) is 0 Å². The Balaban J connectivity index is 2.75. The van der Waals surface area contributed by atoms with Gasteiger partial charge in [-0.25, -0.2) is 9.97 Å². The van der Waals surface area contributed by atoms with E-state index < -0.39 is 0 Å². The van der Waals surface area contributed by atoms with Crippen molar-refractivity contribution in [3.05, 3.63) is 35.7 Å². The van der Waals surface area contributed by atoms with Gasteiger partial charge in [-0.15, -0.1) is 0 Å². The average molecular weight is 282 g/mol. The zero-order valence-corrected chi connectivity index (χ0v) is 12.6. The van der Waals surface area contributed by atoms with Crippen molar-refractivity contribution in [2.24, 2.45) is 0 Å². The largest absolute Gasteiger partial charge is 0.496 e. The topological polar surface area (TPSA) is 70.8 Å². The van der Waals surface area contributed by atoms with Crippen LogP contribution in [-0.4, -0.2) is 24.1 Å². The molecule has 0 spiro atoms. The van der Waals surface area contributed by atoms with E-state index in [1.54, 1.807) is 25.3 Å². The van der Waals surface area contributed by atoms with Gasteiger partial charge in [0.2, 0.25) is 0 Å². The van der Waals surface area contributed by atoms with Crippen LogP contribution in [0.3, 0.4) is 0 Å². The minimum absolute atomic E-state index is 0.235. The van der Waals surface area contributed by atoms with Crippen molar-refractivity contribution in [3.63, 3.8) is 0 Å². The SMILES string of the molecule is CNc1ncnc(-c2cc(C#N)ccc2OC)c1C(C)C. The number of anilines is 1. The van der Waals surface area contributed by atoms with Crippen LogP contribution in [0.2, 0.25) is 0 Å². The Kier molecular flexibility index (Phi) is 4.39. The van der Waals surface area contributed by atoms with E-state index in [1.165, 1.54) is 6.33 Å². The number of aromatic nitrogens is 2. The molecule has 0 aliphatic rings. The molecule has 0 aliphatic carbocycles. The molecule has 1 N–H and O–H groups in total. The molecule has 2 rings (SSSR count). The number of nitriles is 1. The molecule has 2 aromatic rings. The third kappa shape index (κ3) is 2.79. The Hall–Kier alpha value is -2.61. The van der Waals surface area contributed by atoms with Crippen molar-refractivity contribution in [3.8, 4) is 23.1 Å². The van der Waals surface area contributed by atoms with Crippen LogP contribution in [0.1, 0.15) is 30.9 Å².